The van der Waals surface area contributed by atoms with Crippen LogP contribution in [0.25, 0.3) is 11.3 Å². The third-order valence-electron chi connectivity index (χ3n) is 4.86. The van der Waals surface area contributed by atoms with Gasteiger partial charge in [-0.05, 0) is 24.6 Å². The molecule has 0 saturated carbocycles. The van der Waals surface area contributed by atoms with Crippen LogP contribution in [0.1, 0.15) is 30.4 Å². The highest BCUT2D eigenvalue weighted by Gasteiger charge is 2.33. The summed E-state index contributed by atoms with van der Waals surface area (Å²) in [5.74, 6) is 1.73. The van der Waals surface area contributed by atoms with E-state index in [1.807, 2.05) is 42.2 Å². The molecule has 0 radical (unpaired) electrons. The van der Waals surface area contributed by atoms with E-state index in [9.17, 15) is 4.79 Å². The molecule has 3 heterocycles. The van der Waals surface area contributed by atoms with Crippen LogP contribution in [-0.4, -0.2) is 40.1 Å². The van der Waals surface area contributed by atoms with Crippen LogP contribution in [0.4, 0.5) is 5.82 Å². The first-order chi connectivity index (χ1) is 13.1. The Morgan fingerprint density at radius 2 is 2.15 bits per heavy atom. The predicted molar refractivity (Wildman–Crippen MR) is 100 cm³/mol. The second kappa shape index (κ2) is 6.79. The van der Waals surface area contributed by atoms with Gasteiger partial charge in [0.25, 0.3) is 0 Å². The van der Waals surface area contributed by atoms with Crippen LogP contribution >= 0.6 is 0 Å². The summed E-state index contributed by atoms with van der Waals surface area (Å²) in [6.07, 6.45) is 4.14. The number of H-pyrrole nitrogens is 1. The Morgan fingerprint density at radius 3 is 2.85 bits per heavy atom. The summed E-state index contributed by atoms with van der Waals surface area (Å²) in [5.41, 5.74) is 3.60. The Morgan fingerprint density at radius 1 is 1.30 bits per heavy atom. The number of hydrogen-bond acceptors (Lipinski definition) is 5. The number of aromatic amines is 1. The Kier molecular flexibility index (Phi) is 4.31. The van der Waals surface area contributed by atoms with Crippen molar-refractivity contribution in [3.63, 3.8) is 0 Å². The number of carbonyl (C=O) groups is 1. The lowest BCUT2D eigenvalue weighted by atomic mass is 9.86. The van der Waals surface area contributed by atoms with E-state index in [-0.39, 0.29) is 11.8 Å². The summed E-state index contributed by atoms with van der Waals surface area (Å²) < 4.78 is 12.7. The molecular formula is C19H21N5O3. The number of anilines is 1. The Bertz CT molecular complexity index is 991. The van der Waals surface area contributed by atoms with Crippen molar-refractivity contribution < 1.29 is 14.3 Å². The van der Waals surface area contributed by atoms with Gasteiger partial charge in [0.15, 0.2) is 5.82 Å². The van der Waals surface area contributed by atoms with Crippen LogP contribution in [-0.2, 0) is 11.3 Å². The van der Waals surface area contributed by atoms with Crippen LogP contribution in [0, 0.1) is 0 Å². The van der Waals surface area contributed by atoms with Gasteiger partial charge < -0.3 is 14.8 Å². The third-order valence-corrected chi connectivity index (χ3v) is 4.86. The molecule has 0 aliphatic carbocycles. The molecule has 8 heteroatoms. The van der Waals surface area contributed by atoms with E-state index in [4.69, 9.17) is 9.47 Å². The first-order valence-electron chi connectivity index (χ1n) is 8.77. The zero-order valence-electron chi connectivity index (χ0n) is 15.4. The SMILES string of the molecule is CCn1cc(C2CC(=O)Nc3n[nH]c(-c4ccc(OC)cc4OC)c32)cn1. The number of nitrogens with one attached hydrogen (secondary N) is 2. The molecule has 2 aromatic heterocycles. The molecule has 1 unspecified atom stereocenters. The highest BCUT2D eigenvalue weighted by Crippen LogP contribution is 2.44. The largest absolute Gasteiger partial charge is 0.497 e. The van der Waals surface area contributed by atoms with E-state index < -0.39 is 0 Å². The number of benzene rings is 1. The molecule has 140 valence electrons. The number of carbonyl (C=O) groups excluding carboxylic acids is 1. The summed E-state index contributed by atoms with van der Waals surface area (Å²) >= 11 is 0. The van der Waals surface area contributed by atoms with Crippen LogP contribution in [0.2, 0.25) is 0 Å². The van der Waals surface area contributed by atoms with Gasteiger partial charge in [-0.1, -0.05) is 0 Å². The molecule has 0 saturated heterocycles. The zero-order valence-corrected chi connectivity index (χ0v) is 15.4. The lowest BCUT2D eigenvalue weighted by Crippen LogP contribution is -2.23. The van der Waals surface area contributed by atoms with Gasteiger partial charge in [-0.2, -0.15) is 10.2 Å². The van der Waals surface area contributed by atoms with Crippen LogP contribution in [0.15, 0.2) is 30.6 Å². The van der Waals surface area contributed by atoms with Crippen molar-refractivity contribution in [3.8, 4) is 22.8 Å². The number of aromatic nitrogens is 4. The van der Waals surface area contributed by atoms with Crippen LogP contribution in [0.5, 0.6) is 11.5 Å². The van der Waals surface area contributed by atoms with Crippen LogP contribution in [0.3, 0.4) is 0 Å². The molecule has 1 aliphatic rings. The molecule has 0 fully saturated rings. The summed E-state index contributed by atoms with van der Waals surface area (Å²) in [6, 6.07) is 5.62. The molecule has 1 aromatic carbocycles. The molecule has 1 amide bonds. The summed E-state index contributed by atoms with van der Waals surface area (Å²) in [4.78, 5) is 12.2. The fourth-order valence-electron chi connectivity index (χ4n) is 3.48. The van der Waals surface area contributed by atoms with Gasteiger partial charge in [0.2, 0.25) is 5.91 Å². The molecule has 8 nitrogen and oxygen atoms in total. The van der Waals surface area contributed by atoms with Gasteiger partial charge in [0.05, 0.1) is 26.1 Å². The zero-order chi connectivity index (χ0) is 19.0. The number of hydrogen-bond donors (Lipinski definition) is 2. The second-order valence-electron chi connectivity index (χ2n) is 6.36. The molecule has 1 aliphatic heterocycles. The number of fused-ring (bicyclic) bond motifs is 1. The van der Waals surface area contributed by atoms with Crippen molar-refractivity contribution in [2.24, 2.45) is 0 Å². The minimum absolute atomic E-state index is 0.0588. The highest BCUT2D eigenvalue weighted by molar-refractivity contribution is 5.96. The van der Waals surface area contributed by atoms with Crippen molar-refractivity contribution in [1.29, 1.82) is 0 Å². The minimum Gasteiger partial charge on any atom is -0.497 e. The standard InChI is InChI=1S/C19H21N5O3/c1-4-24-10-11(9-20-24)14-8-16(25)21-19-17(14)18(22-23-19)13-6-5-12(26-2)7-15(13)27-3/h5-7,9-10,14H,4,8H2,1-3H3,(H2,21,22,23,25). The lowest BCUT2D eigenvalue weighted by Gasteiger charge is -2.22. The molecule has 1 atom stereocenters. The topological polar surface area (TPSA) is 94.1 Å². The first-order valence-corrected chi connectivity index (χ1v) is 8.77. The number of nitrogens with zero attached hydrogens (tertiary/aromatic N) is 3. The monoisotopic (exact) mass is 367 g/mol. The molecule has 4 rings (SSSR count). The highest BCUT2D eigenvalue weighted by atomic mass is 16.5. The fraction of sp³-hybridized carbons (Fsp3) is 0.316. The Hall–Kier alpha value is -3.29. The average molecular weight is 367 g/mol. The van der Waals surface area contributed by atoms with Gasteiger partial charge in [0.1, 0.15) is 11.5 Å². The first kappa shape index (κ1) is 17.1. The van der Waals surface area contributed by atoms with Crippen molar-refractivity contribution in [3.05, 3.63) is 41.7 Å². The van der Waals surface area contributed by atoms with Crippen molar-refractivity contribution >= 4 is 11.7 Å². The molecule has 27 heavy (non-hydrogen) atoms. The maximum absolute atomic E-state index is 12.2. The number of aryl methyl sites for hydroxylation is 1. The minimum atomic E-state index is -0.130. The molecule has 3 aromatic rings. The van der Waals surface area contributed by atoms with Crippen LogP contribution < -0.4 is 14.8 Å². The van der Waals surface area contributed by atoms with E-state index in [0.717, 1.165) is 28.9 Å². The van der Waals surface area contributed by atoms with E-state index in [1.165, 1.54) is 0 Å². The summed E-state index contributed by atoms with van der Waals surface area (Å²) in [6.45, 7) is 2.80. The lowest BCUT2D eigenvalue weighted by molar-refractivity contribution is -0.116. The Balaban J connectivity index is 1.85. The van der Waals surface area contributed by atoms with E-state index in [2.05, 4.69) is 20.6 Å². The molecule has 2 N–H and O–H groups in total. The predicted octanol–water partition coefficient (Wildman–Crippen LogP) is 2.78. The molecular weight excluding hydrogens is 346 g/mol. The smallest absolute Gasteiger partial charge is 0.226 e. The average Bonchev–Trinajstić information content (AvgIpc) is 3.33. The van der Waals surface area contributed by atoms with Gasteiger partial charge in [0, 0.05) is 42.3 Å². The summed E-state index contributed by atoms with van der Waals surface area (Å²) in [5, 5.41) is 14.6. The van der Waals surface area contributed by atoms with Gasteiger partial charge >= 0.3 is 0 Å². The van der Waals surface area contributed by atoms with Crippen molar-refractivity contribution in [2.75, 3.05) is 19.5 Å². The molecule has 0 bridgehead atoms. The van der Waals surface area contributed by atoms with E-state index in [0.29, 0.717) is 23.7 Å². The van der Waals surface area contributed by atoms with Gasteiger partial charge in [-0.25, -0.2) is 0 Å². The van der Waals surface area contributed by atoms with E-state index in [1.54, 1.807) is 14.2 Å². The van der Waals surface area contributed by atoms with Crippen molar-refractivity contribution in [1.82, 2.24) is 20.0 Å². The number of ether oxygens (including phenoxy) is 2. The number of amides is 1. The normalized spacial score (nSPS) is 16.0. The van der Waals surface area contributed by atoms with E-state index >= 15 is 0 Å². The van der Waals surface area contributed by atoms with Gasteiger partial charge in [-0.3, -0.25) is 14.6 Å². The van der Waals surface area contributed by atoms with Gasteiger partial charge in [-0.15, -0.1) is 0 Å². The quantitative estimate of drug-likeness (QED) is 0.723. The number of rotatable bonds is 5. The Labute approximate surface area is 156 Å². The molecule has 0 spiro atoms. The fourth-order valence-corrected chi connectivity index (χ4v) is 3.48. The maximum atomic E-state index is 12.2. The number of methoxy groups -OCH3 is 2. The second-order valence-corrected chi connectivity index (χ2v) is 6.36. The van der Waals surface area contributed by atoms with Crippen molar-refractivity contribution in [2.45, 2.75) is 25.8 Å². The summed E-state index contributed by atoms with van der Waals surface area (Å²) in [7, 11) is 3.23. The third kappa shape index (κ3) is 2.92. The maximum Gasteiger partial charge on any atom is 0.226 e.